The van der Waals surface area contributed by atoms with E-state index >= 15 is 0 Å². The molecule has 0 saturated heterocycles. The minimum absolute atomic E-state index is 0.171. The Hall–Kier alpha value is -3.38. The molecule has 5 nitrogen and oxygen atoms in total. The normalized spacial score (nSPS) is 11.9. The van der Waals surface area contributed by atoms with E-state index < -0.39 is 10.0 Å². The van der Waals surface area contributed by atoms with Gasteiger partial charge in [-0.25, -0.2) is 4.83 Å². The van der Waals surface area contributed by atoms with Crippen molar-refractivity contribution in [2.75, 3.05) is 0 Å². The highest BCUT2D eigenvalue weighted by Gasteiger charge is 2.13. The van der Waals surface area contributed by atoms with Gasteiger partial charge in [0.1, 0.15) is 0 Å². The van der Waals surface area contributed by atoms with Gasteiger partial charge in [-0.2, -0.15) is 13.5 Å². The van der Waals surface area contributed by atoms with E-state index in [2.05, 4.69) is 14.9 Å². The molecule has 0 bridgehead atoms. The number of hydrazone groups is 1. The number of hydrogen-bond acceptors (Lipinski definition) is 3. The van der Waals surface area contributed by atoms with Crippen molar-refractivity contribution in [1.82, 2.24) is 9.82 Å². The summed E-state index contributed by atoms with van der Waals surface area (Å²) in [5.74, 6) is 0. The topological polar surface area (TPSA) is 74.3 Å². The summed E-state index contributed by atoms with van der Waals surface area (Å²) in [4.78, 5) is 5.85. The number of nitrogens with one attached hydrogen (secondary N) is 2. The van der Waals surface area contributed by atoms with Crippen LogP contribution >= 0.6 is 0 Å². The summed E-state index contributed by atoms with van der Waals surface area (Å²) in [6.07, 6.45) is 1.54. The van der Waals surface area contributed by atoms with Crippen molar-refractivity contribution >= 4 is 27.1 Å². The molecule has 0 aliphatic heterocycles. The van der Waals surface area contributed by atoms with E-state index in [1.165, 1.54) is 12.1 Å². The van der Waals surface area contributed by atoms with Gasteiger partial charge < -0.3 is 4.98 Å². The average molecular weight is 375 g/mol. The van der Waals surface area contributed by atoms with Gasteiger partial charge in [0, 0.05) is 16.5 Å². The maximum absolute atomic E-state index is 12.3. The van der Waals surface area contributed by atoms with Crippen molar-refractivity contribution in [3.8, 4) is 11.3 Å². The van der Waals surface area contributed by atoms with E-state index in [1.807, 2.05) is 54.6 Å². The molecule has 134 valence electrons. The first-order chi connectivity index (χ1) is 13.1. The van der Waals surface area contributed by atoms with Crippen LogP contribution in [0.25, 0.3) is 22.2 Å². The lowest BCUT2D eigenvalue weighted by Crippen LogP contribution is -2.18. The van der Waals surface area contributed by atoms with Crippen LogP contribution in [0.1, 0.15) is 5.56 Å². The van der Waals surface area contributed by atoms with Gasteiger partial charge in [0.15, 0.2) is 0 Å². The van der Waals surface area contributed by atoms with Crippen LogP contribution in [0.3, 0.4) is 0 Å². The standard InChI is InChI=1S/C21H17N3O2S/c25-27(26,17-11-5-2-6-12-17)24-22-15-19-18-13-7-8-14-20(18)23-21(19)16-9-3-1-4-10-16/h1-15,23-24H/b22-15+. The lowest BCUT2D eigenvalue weighted by molar-refractivity contribution is 0.584. The fourth-order valence-corrected chi connectivity index (χ4v) is 3.76. The van der Waals surface area contributed by atoms with E-state index in [0.29, 0.717) is 0 Å². The Morgan fingerprint density at radius 1 is 0.815 bits per heavy atom. The molecule has 0 aliphatic carbocycles. The Morgan fingerprint density at radius 2 is 1.44 bits per heavy atom. The van der Waals surface area contributed by atoms with Gasteiger partial charge in [0.2, 0.25) is 0 Å². The lowest BCUT2D eigenvalue weighted by atomic mass is 10.1. The minimum Gasteiger partial charge on any atom is -0.354 e. The molecule has 0 amide bonds. The quantitative estimate of drug-likeness (QED) is 0.406. The molecule has 0 radical (unpaired) electrons. The molecule has 0 atom stereocenters. The zero-order chi connectivity index (χ0) is 18.7. The van der Waals surface area contributed by atoms with Crippen molar-refractivity contribution < 1.29 is 8.42 Å². The number of hydrogen-bond donors (Lipinski definition) is 2. The molecule has 4 rings (SSSR count). The van der Waals surface area contributed by atoms with Crippen LogP contribution in [0.15, 0.2) is 94.9 Å². The monoisotopic (exact) mass is 375 g/mol. The van der Waals surface area contributed by atoms with Crippen molar-refractivity contribution in [1.29, 1.82) is 0 Å². The number of rotatable bonds is 5. The minimum atomic E-state index is -3.70. The Labute approximate surface area is 157 Å². The molecule has 0 aliphatic rings. The van der Waals surface area contributed by atoms with Gasteiger partial charge in [-0.15, -0.1) is 0 Å². The maximum Gasteiger partial charge on any atom is 0.276 e. The number of para-hydroxylation sites is 1. The maximum atomic E-state index is 12.3. The van der Waals surface area contributed by atoms with Gasteiger partial charge in [0.25, 0.3) is 10.0 Å². The predicted molar refractivity (Wildman–Crippen MR) is 108 cm³/mol. The largest absolute Gasteiger partial charge is 0.354 e. The molecular formula is C21H17N3O2S. The Kier molecular flexibility index (Phi) is 4.48. The van der Waals surface area contributed by atoms with E-state index in [0.717, 1.165) is 27.7 Å². The molecular weight excluding hydrogens is 358 g/mol. The lowest BCUT2D eigenvalue weighted by Gasteiger charge is -2.03. The molecule has 0 saturated carbocycles. The van der Waals surface area contributed by atoms with Gasteiger partial charge >= 0.3 is 0 Å². The summed E-state index contributed by atoms with van der Waals surface area (Å²) >= 11 is 0. The number of sulfonamides is 1. The number of nitrogens with zero attached hydrogens (tertiary/aromatic N) is 1. The van der Waals surface area contributed by atoms with Gasteiger partial charge in [-0.05, 0) is 23.8 Å². The summed E-state index contributed by atoms with van der Waals surface area (Å²) in [6, 6.07) is 25.9. The van der Waals surface area contributed by atoms with Crippen LogP contribution in [0.5, 0.6) is 0 Å². The number of aromatic amines is 1. The molecule has 4 aromatic rings. The fourth-order valence-electron chi connectivity index (χ4n) is 2.94. The van der Waals surface area contributed by atoms with Gasteiger partial charge in [-0.1, -0.05) is 66.7 Å². The van der Waals surface area contributed by atoms with Crippen LogP contribution in [0, 0.1) is 0 Å². The smallest absolute Gasteiger partial charge is 0.276 e. The molecule has 2 N–H and O–H groups in total. The molecule has 3 aromatic carbocycles. The molecule has 6 heteroatoms. The SMILES string of the molecule is O=S(=O)(N/N=C/c1c(-c2ccccc2)[nH]c2ccccc12)c1ccccc1. The molecule has 0 unspecified atom stereocenters. The van der Waals surface area contributed by atoms with Crippen molar-refractivity contribution in [2.45, 2.75) is 4.90 Å². The van der Waals surface area contributed by atoms with Gasteiger partial charge in [-0.3, -0.25) is 0 Å². The third kappa shape index (κ3) is 3.47. The summed E-state index contributed by atoms with van der Waals surface area (Å²) in [6.45, 7) is 0. The van der Waals surface area contributed by atoms with E-state index in [-0.39, 0.29) is 4.90 Å². The van der Waals surface area contributed by atoms with Crippen LogP contribution in [0.2, 0.25) is 0 Å². The third-order valence-electron chi connectivity index (χ3n) is 4.23. The Morgan fingerprint density at radius 3 is 2.19 bits per heavy atom. The van der Waals surface area contributed by atoms with E-state index in [9.17, 15) is 8.42 Å². The molecule has 1 heterocycles. The highest BCUT2D eigenvalue weighted by Crippen LogP contribution is 2.28. The fraction of sp³-hybridized carbons (Fsp3) is 0. The second-order valence-electron chi connectivity index (χ2n) is 5.99. The second-order valence-corrected chi connectivity index (χ2v) is 7.65. The van der Waals surface area contributed by atoms with Crippen LogP contribution in [-0.4, -0.2) is 19.6 Å². The highest BCUT2D eigenvalue weighted by molar-refractivity contribution is 7.89. The Bertz CT molecular complexity index is 1200. The molecule has 0 fully saturated rings. The van der Waals surface area contributed by atoms with Crippen LogP contribution in [-0.2, 0) is 10.0 Å². The molecule has 0 spiro atoms. The first-order valence-corrected chi connectivity index (χ1v) is 9.89. The number of fused-ring (bicyclic) bond motifs is 1. The zero-order valence-electron chi connectivity index (χ0n) is 14.3. The second kappa shape index (κ2) is 7.09. The third-order valence-corrected chi connectivity index (χ3v) is 5.47. The van der Waals surface area contributed by atoms with Gasteiger partial charge in [0.05, 0.1) is 16.8 Å². The first kappa shape index (κ1) is 17.1. The van der Waals surface area contributed by atoms with Crippen LogP contribution in [0.4, 0.5) is 0 Å². The number of benzene rings is 3. The summed E-state index contributed by atoms with van der Waals surface area (Å²) in [7, 11) is -3.70. The molecule has 1 aromatic heterocycles. The summed E-state index contributed by atoms with van der Waals surface area (Å²) in [5.41, 5.74) is 3.68. The van der Waals surface area contributed by atoms with E-state index in [1.54, 1.807) is 24.4 Å². The number of H-pyrrole nitrogens is 1. The molecule has 27 heavy (non-hydrogen) atoms. The average Bonchev–Trinajstić information content (AvgIpc) is 3.08. The first-order valence-electron chi connectivity index (χ1n) is 8.41. The van der Waals surface area contributed by atoms with Crippen LogP contribution < -0.4 is 4.83 Å². The Balaban J connectivity index is 1.72. The van der Waals surface area contributed by atoms with Crippen molar-refractivity contribution in [3.63, 3.8) is 0 Å². The predicted octanol–water partition coefficient (Wildman–Crippen LogP) is 4.15. The zero-order valence-corrected chi connectivity index (χ0v) is 15.1. The van der Waals surface area contributed by atoms with Crippen molar-refractivity contribution in [2.24, 2.45) is 5.10 Å². The van der Waals surface area contributed by atoms with E-state index in [4.69, 9.17) is 0 Å². The summed E-state index contributed by atoms with van der Waals surface area (Å²) in [5, 5.41) is 4.99. The highest BCUT2D eigenvalue weighted by atomic mass is 32.2. The van der Waals surface area contributed by atoms with Crippen molar-refractivity contribution in [3.05, 3.63) is 90.5 Å². The summed E-state index contributed by atoms with van der Waals surface area (Å²) < 4.78 is 24.7. The number of aromatic nitrogens is 1.